The molecule has 0 aliphatic rings. The molecule has 1 aromatic heterocycles. The fourth-order valence-electron chi connectivity index (χ4n) is 2.37. The quantitative estimate of drug-likeness (QED) is 0.701. The highest BCUT2D eigenvalue weighted by Gasteiger charge is 2.22. The molecule has 25 heavy (non-hydrogen) atoms. The van der Waals surface area contributed by atoms with Crippen LogP contribution in [-0.2, 0) is 16.6 Å². The molecule has 136 valence electrons. The van der Waals surface area contributed by atoms with Crippen molar-refractivity contribution in [1.82, 2.24) is 8.87 Å². The van der Waals surface area contributed by atoms with E-state index in [1.54, 1.807) is 38.1 Å². The lowest BCUT2D eigenvalue weighted by atomic mass is 10.3. The van der Waals surface area contributed by atoms with Crippen molar-refractivity contribution in [2.24, 2.45) is 0 Å². The van der Waals surface area contributed by atoms with Gasteiger partial charge >= 0.3 is 0 Å². The molecule has 0 radical (unpaired) electrons. The summed E-state index contributed by atoms with van der Waals surface area (Å²) in [6.45, 7) is 4.74. The van der Waals surface area contributed by atoms with Gasteiger partial charge in [-0.15, -0.1) is 0 Å². The van der Waals surface area contributed by atoms with Gasteiger partial charge < -0.3 is 9.30 Å². The van der Waals surface area contributed by atoms with E-state index in [0.717, 1.165) is 0 Å². The molecule has 0 saturated carbocycles. The summed E-state index contributed by atoms with van der Waals surface area (Å²) in [5, 5.41) is 0.557. The zero-order valence-corrected chi connectivity index (χ0v) is 15.8. The van der Waals surface area contributed by atoms with Gasteiger partial charge in [-0.1, -0.05) is 31.5 Å². The molecule has 0 aliphatic carbocycles. The Morgan fingerprint density at radius 3 is 2.52 bits per heavy atom. The van der Waals surface area contributed by atoms with Gasteiger partial charge in [-0.05, 0) is 24.3 Å². The molecule has 0 aliphatic heterocycles. The number of sulfonamides is 1. The molecule has 1 heterocycles. The number of pyridine rings is 1. The maximum atomic E-state index is 12.6. The minimum absolute atomic E-state index is 0.0959. The minimum atomic E-state index is -3.61. The molecule has 0 saturated heterocycles. The van der Waals surface area contributed by atoms with Crippen LogP contribution in [0.25, 0.3) is 0 Å². The maximum absolute atomic E-state index is 12.6. The Hall–Kier alpha value is -1.83. The summed E-state index contributed by atoms with van der Waals surface area (Å²) in [4.78, 5) is 12.1. The summed E-state index contributed by atoms with van der Waals surface area (Å²) in [5.74, 6) is 0.590. The van der Waals surface area contributed by atoms with E-state index in [1.807, 2.05) is 0 Å². The zero-order chi connectivity index (χ0) is 18.4. The van der Waals surface area contributed by atoms with Crippen molar-refractivity contribution >= 4 is 21.6 Å². The average molecular weight is 385 g/mol. The Kier molecular flexibility index (Phi) is 6.64. The first kappa shape index (κ1) is 19.5. The van der Waals surface area contributed by atoms with E-state index >= 15 is 0 Å². The molecule has 0 unspecified atom stereocenters. The van der Waals surface area contributed by atoms with Crippen LogP contribution in [0.4, 0.5) is 0 Å². The Bertz CT molecular complexity index is 876. The van der Waals surface area contributed by atoms with Crippen LogP contribution in [0.1, 0.15) is 13.8 Å². The third-order valence-electron chi connectivity index (χ3n) is 3.70. The summed E-state index contributed by atoms with van der Waals surface area (Å²) in [5.41, 5.74) is -0.284. The zero-order valence-electron chi connectivity index (χ0n) is 14.2. The molecule has 1 aromatic carbocycles. The van der Waals surface area contributed by atoms with Gasteiger partial charge in [0.25, 0.3) is 5.56 Å². The molecule has 0 spiro atoms. The number of rotatable bonds is 8. The Labute approximate surface area is 152 Å². The largest absolute Gasteiger partial charge is 0.492 e. The number of hydrogen-bond donors (Lipinski definition) is 0. The highest BCUT2D eigenvalue weighted by Crippen LogP contribution is 2.17. The maximum Gasteiger partial charge on any atom is 0.250 e. The van der Waals surface area contributed by atoms with Crippen molar-refractivity contribution in [3.8, 4) is 5.75 Å². The molecular weight excluding hydrogens is 364 g/mol. The number of benzene rings is 1. The normalized spacial score (nSPS) is 11.7. The van der Waals surface area contributed by atoms with Crippen LogP contribution in [0.3, 0.4) is 0 Å². The second-order valence-corrected chi connectivity index (χ2v) is 7.67. The number of ether oxygens (including phenoxy) is 1. The summed E-state index contributed by atoms with van der Waals surface area (Å²) < 4.78 is 33.3. The summed E-state index contributed by atoms with van der Waals surface area (Å²) >= 11 is 5.89. The first-order valence-corrected chi connectivity index (χ1v) is 9.79. The molecule has 2 rings (SSSR count). The van der Waals surface area contributed by atoms with Crippen molar-refractivity contribution < 1.29 is 13.2 Å². The van der Waals surface area contributed by atoms with Crippen molar-refractivity contribution in [3.63, 3.8) is 0 Å². The topological polar surface area (TPSA) is 68.6 Å². The molecule has 0 amide bonds. The van der Waals surface area contributed by atoms with Crippen molar-refractivity contribution in [1.29, 1.82) is 0 Å². The SMILES string of the molecule is CCN(CC)S(=O)(=O)c1ccc(=O)n(CCOc2cccc(Cl)c2)c1. The van der Waals surface area contributed by atoms with Crippen LogP contribution in [-0.4, -0.2) is 37.0 Å². The van der Waals surface area contributed by atoms with Gasteiger partial charge in [-0.3, -0.25) is 4.79 Å². The van der Waals surface area contributed by atoms with Crippen LogP contribution in [0.15, 0.2) is 52.3 Å². The smallest absolute Gasteiger partial charge is 0.250 e. The van der Waals surface area contributed by atoms with Gasteiger partial charge in [0.15, 0.2) is 0 Å². The van der Waals surface area contributed by atoms with Crippen molar-refractivity contribution in [2.45, 2.75) is 25.3 Å². The number of nitrogens with zero attached hydrogens (tertiary/aromatic N) is 2. The summed E-state index contributed by atoms with van der Waals surface area (Å²) in [6, 6.07) is 9.53. The van der Waals surface area contributed by atoms with Gasteiger partial charge in [0.1, 0.15) is 12.4 Å². The van der Waals surface area contributed by atoms with Gasteiger partial charge in [-0.2, -0.15) is 4.31 Å². The molecule has 0 atom stereocenters. The highest BCUT2D eigenvalue weighted by atomic mass is 35.5. The van der Waals surface area contributed by atoms with E-state index in [0.29, 0.717) is 23.9 Å². The lowest BCUT2D eigenvalue weighted by Crippen LogP contribution is -2.32. The van der Waals surface area contributed by atoms with Gasteiger partial charge in [0, 0.05) is 30.4 Å². The predicted molar refractivity (Wildman–Crippen MR) is 97.8 cm³/mol. The fourth-order valence-corrected chi connectivity index (χ4v) is 4.03. The van der Waals surface area contributed by atoms with E-state index in [-0.39, 0.29) is 23.6 Å². The lowest BCUT2D eigenvalue weighted by molar-refractivity contribution is 0.296. The Morgan fingerprint density at radius 1 is 1.16 bits per heavy atom. The standard InChI is InChI=1S/C17H21ClN2O4S/c1-3-20(4-2)25(22,23)16-8-9-17(21)19(13-16)10-11-24-15-7-5-6-14(18)12-15/h5-9,12-13H,3-4,10-11H2,1-2H3. The fraction of sp³-hybridized carbons (Fsp3) is 0.353. The third kappa shape index (κ3) is 4.84. The van der Waals surface area contributed by atoms with Gasteiger partial charge in [0.05, 0.1) is 11.4 Å². The second kappa shape index (κ2) is 8.51. The van der Waals surface area contributed by atoms with E-state index < -0.39 is 10.0 Å². The molecule has 0 N–H and O–H groups in total. The average Bonchev–Trinajstić information content (AvgIpc) is 2.57. The molecule has 8 heteroatoms. The second-order valence-electron chi connectivity index (χ2n) is 5.29. The molecular formula is C17H21ClN2O4S. The molecule has 0 bridgehead atoms. The van der Waals surface area contributed by atoms with Crippen LogP contribution in [0, 0.1) is 0 Å². The third-order valence-corrected chi connectivity index (χ3v) is 5.97. The number of halogens is 1. The van der Waals surface area contributed by atoms with Gasteiger partial charge in [0.2, 0.25) is 10.0 Å². The Morgan fingerprint density at radius 2 is 1.88 bits per heavy atom. The lowest BCUT2D eigenvalue weighted by Gasteiger charge is -2.19. The molecule has 6 nitrogen and oxygen atoms in total. The first-order chi connectivity index (χ1) is 11.9. The molecule has 0 fully saturated rings. The van der Waals surface area contributed by atoms with E-state index in [9.17, 15) is 13.2 Å². The van der Waals surface area contributed by atoms with Crippen LogP contribution >= 0.6 is 11.6 Å². The van der Waals surface area contributed by atoms with E-state index in [4.69, 9.17) is 16.3 Å². The number of aromatic nitrogens is 1. The van der Waals surface area contributed by atoms with Crippen molar-refractivity contribution in [2.75, 3.05) is 19.7 Å². The predicted octanol–water partition coefficient (Wildman–Crippen LogP) is 2.61. The van der Waals surface area contributed by atoms with Crippen LogP contribution in [0.2, 0.25) is 5.02 Å². The molecule has 2 aromatic rings. The van der Waals surface area contributed by atoms with Crippen LogP contribution in [0.5, 0.6) is 5.75 Å². The minimum Gasteiger partial charge on any atom is -0.492 e. The van der Waals surface area contributed by atoms with E-state index in [2.05, 4.69) is 0 Å². The highest BCUT2D eigenvalue weighted by molar-refractivity contribution is 7.89. The number of hydrogen-bond acceptors (Lipinski definition) is 4. The monoisotopic (exact) mass is 384 g/mol. The summed E-state index contributed by atoms with van der Waals surface area (Å²) in [7, 11) is -3.61. The first-order valence-electron chi connectivity index (χ1n) is 7.97. The van der Waals surface area contributed by atoms with Gasteiger partial charge in [-0.25, -0.2) is 8.42 Å². The van der Waals surface area contributed by atoms with Crippen LogP contribution < -0.4 is 10.3 Å². The van der Waals surface area contributed by atoms with E-state index in [1.165, 1.54) is 27.2 Å². The van der Waals surface area contributed by atoms with Crippen molar-refractivity contribution in [3.05, 3.63) is 58.0 Å². The summed E-state index contributed by atoms with van der Waals surface area (Å²) in [6.07, 6.45) is 1.36. The Balaban J connectivity index is 2.15.